The van der Waals surface area contributed by atoms with Crippen molar-refractivity contribution in [3.8, 4) is 17.0 Å². The molecule has 0 aliphatic carbocycles. The SMILES string of the molecule is COc1cccc(F)c1-c1ccn[nH]1. The number of nitrogens with zero attached hydrogens (tertiary/aromatic N) is 1. The number of hydrogen-bond acceptors (Lipinski definition) is 2. The molecule has 2 rings (SSSR count). The average Bonchev–Trinajstić information content (AvgIpc) is 2.70. The van der Waals surface area contributed by atoms with Gasteiger partial charge in [0.1, 0.15) is 11.6 Å². The molecule has 3 nitrogen and oxygen atoms in total. The van der Waals surface area contributed by atoms with Crippen LogP contribution in [0.25, 0.3) is 11.3 Å². The van der Waals surface area contributed by atoms with Crippen molar-refractivity contribution in [1.29, 1.82) is 0 Å². The van der Waals surface area contributed by atoms with E-state index in [-0.39, 0.29) is 5.82 Å². The van der Waals surface area contributed by atoms with Gasteiger partial charge in [-0.15, -0.1) is 0 Å². The molecule has 14 heavy (non-hydrogen) atoms. The quantitative estimate of drug-likeness (QED) is 0.792. The van der Waals surface area contributed by atoms with Gasteiger partial charge in [-0.1, -0.05) is 6.07 Å². The number of nitrogens with one attached hydrogen (secondary N) is 1. The van der Waals surface area contributed by atoms with E-state index in [1.54, 1.807) is 24.4 Å². The highest BCUT2D eigenvalue weighted by atomic mass is 19.1. The van der Waals surface area contributed by atoms with Crippen LogP contribution in [-0.2, 0) is 0 Å². The molecule has 0 saturated heterocycles. The van der Waals surface area contributed by atoms with Crippen molar-refractivity contribution >= 4 is 0 Å². The summed E-state index contributed by atoms with van der Waals surface area (Å²) in [5.74, 6) is 0.169. The maximum atomic E-state index is 13.5. The minimum absolute atomic E-state index is 0.325. The highest BCUT2D eigenvalue weighted by Crippen LogP contribution is 2.30. The Balaban J connectivity index is 2.61. The molecule has 0 amide bonds. The smallest absolute Gasteiger partial charge is 0.136 e. The second-order valence-corrected chi connectivity index (χ2v) is 2.79. The predicted molar refractivity (Wildman–Crippen MR) is 50.5 cm³/mol. The number of hydrogen-bond donors (Lipinski definition) is 1. The maximum absolute atomic E-state index is 13.5. The third-order valence-corrected chi connectivity index (χ3v) is 1.97. The molecule has 0 aliphatic rings. The van der Waals surface area contributed by atoms with Gasteiger partial charge in [-0.3, -0.25) is 5.10 Å². The molecule has 0 aliphatic heterocycles. The lowest BCUT2D eigenvalue weighted by atomic mass is 10.1. The fourth-order valence-corrected chi connectivity index (χ4v) is 1.33. The second kappa shape index (κ2) is 3.49. The van der Waals surface area contributed by atoms with Crippen LogP contribution in [0.15, 0.2) is 30.5 Å². The number of methoxy groups -OCH3 is 1. The minimum atomic E-state index is -0.325. The first-order valence-electron chi connectivity index (χ1n) is 4.15. The molecule has 0 fully saturated rings. The Hall–Kier alpha value is -1.84. The van der Waals surface area contributed by atoms with Crippen LogP contribution in [0.5, 0.6) is 5.75 Å². The first-order valence-corrected chi connectivity index (χ1v) is 4.15. The Kier molecular flexibility index (Phi) is 2.18. The van der Waals surface area contributed by atoms with Crippen LogP contribution in [-0.4, -0.2) is 17.3 Å². The third kappa shape index (κ3) is 1.35. The standard InChI is InChI=1S/C10H9FN2O/c1-14-9-4-2-3-7(11)10(9)8-5-6-12-13-8/h2-6H,1H3,(H,12,13). The lowest BCUT2D eigenvalue weighted by molar-refractivity contribution is 0.413. The summed E-state index contributed by atoms with van der Waals surface area (Å²) < 4.78 is 18.5. The monoisotopic (exact) mass is 192 g/mol. The van der Waals surface area contributed by atoms with Gasteiger partial charge >= 0.3 is 0 Å². The van der Waals surface area contributed by atoms with Gasteiger partial charge in [-0.2, -0.15) is 5.10 Å². The lowest BCUT2D eigenvalue weighted by Crippen LogP contribution is -1.91. The molecule has 0 atom stereocenters. The van der Waals surface area contributed by atoms with E-state index in [1.165, 1.54) is 13.2 Å². The molecule has 0 saturated carbocycles. The highest BCUT2D eigenvalue weighted by molar-refractivity contribution is 5.67. The molecule has 4 heteroatoms. The summed E-state index contributed by atoms with van der Waals surface area (Å²) >= 11 is 0. The minimum Gasteiger partial charge on any atom is -0.496 e. The molecule has 2 aromatic rings. The van der Waals surface area contributed by atoms with Crippen LogP contribution in [0.1, 0.15) is 0 Å². The summed E-state index contributed by atoms with van der Waals surface area (Å²) in [5, 5.41) is 6.47. The molecule has 1 aromatic heterocycles. The van der Waals surface area contributed by atoms with Crippen LogP contribution in [0.2, 0.25) is 0 Å². The van der Waals surface area contributed by atoms with E-state index in [4.69, 9.17) is 4.74 Å². The Morgan fingerprint density at radius 2 is 2.21 bits per heavy atom. The fourth-order valence-electron chi connectivity index (χ4n) is 1.33. The molecule has 1 aromatic carbocycles. The maximum Gasteiger partial charge on any atom is 0.136 e. The van der Waals surface area contributed by atoms with E-state index >= 15 is 0 Å². The van der Waals surface area contributed by atoms with E-state index in [1.807, 2.05) is 0 Å². The zero-order chi connectivity index (χ0) is 9.97. The predicted octanol–water partition coefficient (Wildman–Crippen LogP) is 2.22. The highest BCUT2D eigenvalue weighted by Gasteiger charge is 2.11. The van der Waals surface area contributed by atoms with Crippen LogP contribution in [0, 0.1) is 5.82 Å². The summed E-state index contributed by atoms with van der Waals surface area (Å²) in [5.41, 5.74) is 1.02. The number of ether oxygens (including phenoxy) is 1. The molecule has 0 spiro atoms. The zero-order valence-corrected chi connectivity index (χ0v) is 7.62. The molecule has 1 N–H and O–H groups in total. The van der Waals surface area contributed by atoms with E-state index in [0.717, 1.165) is 0 Å². The molecule has 0 radical (unpaired) electrons. The summed E-state index contributed by atoms with van der Waals surface area (Å²) in [4.78, 5) is 0. The molecular formula is C10H9FN2O. The van der Waals surface area contributed by atoms with Gasteiger partial charge in [0, 0.05) is 6.20 Å². The Morgan fingerprint density at radius 1 is 1.36 bits per heavy atom. The van der Waals surface area contributed by atoms with Gasteiger partial charge in [0.05, 0.1) is 18.4 Å². The van der Waals surface area contributed by atoms with Crippen molar-refractivity contribution in [3.05, 3.63) is 36.3 Å². The van der Waals surface area contributed by atoms with Crippen LogP contribution in [0.3, 0.4) is 0 Å². The fraction of sp³-hybridized carbons (Fsp3) is 0.100. The van der Waals surface area contributed by atoms with Crippen LogP contribution >= 0.6 is 0 Å². The van der Waals surface area contributed by atoms with Crippen molar-refractivity contribution < 1.29 is 9.13 Å². The Labute approximate surface area is 80.5 Å². The van der Waals surface area contributed by atoms with E-state index in [0.29, 0.717) is 17.0 Å². The summed E-state index contributed by atoms with van der Waals surface area (Å²) in [6.45, 7) is 0. The number of halogens is 1. The summed E-state index contributed by atoms with van der Waals surface area (Å²) in [6.07, 6.45) is 1.57. The summed E-state index contributed by atoms with van der Waals surface area (Å²) in [7, 11) is 1.51. The normalized spacial score (nSPS) is 10.1. The number of aromatic amines is 1. The Morgan fingerprint density at radius 3 is 2.86 bits per heavy atom. The number of aromatic nitrogens is 2. The van der Waals surface area contributed by atoms with Gasteiger partial charge in [0.15, 0.2) is 0 Å². The van der Waals surface area contributed by atoms with Gasteiger partial charge in [0.25, 0.3) is 0 Å². The molecule has 0 unspecified atom stereocenters. The van der Waals surface area contributed by atoms with Gasteiger partial charge in [0.2, 0.25) is 0 Å². The van der Waals surface area contributed by atoms with Crippen LogP contribution < -0.4 is 4.74 Å². The van der Waals surface area contributed by atoms with Crippen molar-refractivity contribution in [2.45, 2.75) is 0 Å². The molecule has 0 bridgehead atoms. The first kappa shape index (κ1) is 8.74. The number of rotatable bonds is 2. The zero-order valence-electron chi connectivity index (χ0n) is 7.62. The second-order valence-electron chi connectivity index (χ2n) is 2.79. The molecule has 72 valence electrons. The first-order chi connectivity index (χ1) is 6.83. The van der Waals surface area contributed by atoms with Gasteiger partial charge in [-0.25, -0.2) is 4.39 Å². The van der Waals surface area contributed by atoms with Crippen molar-refractivity contribution in [2.75, 3.05) is 7.11 Å². The average molecular weight is 192 g/mol. The van der Waals surface area contributed by atoms with Gasteiger partial charge in [-0.05, 0) is 18.2 Å². The van der Waals surface area contributed by atoms with E-state index in [2.05, 4.69) is 10.2 Å². The lowest BCUT2D eigenvalue weighted by Gasteiger charge is -2.06. The van der Waals surface area contributed by atoms with Crippen molar-refractivity contribution in [3.63, 3.8) is 0 Å². The number of benzene rings is 1. The molecule has 1 heterocycles. The largest absolute Gasteiger partial charge is 0.496 e. The van der Waals surface area contributed by atoms with Crippen molar-refractivity contribution in [1.82, 2.24) is 10.2 Å². The van der Waals surface area contributed by atoms with Crippen molar-refractivity contribution in [2.24, 2.45) is 0 Å². The van der Waals surface area contributed by atoms with E-state index in [9.17, 15) is 4.39 Å². The van der Waals surface area contributed by atoms with Crippen LogP contribution in [0.4, 0.5) is 4.39 Å². The third-order valence-electron chi connectivity index (χ3n) is 1.97. The topological polar surface area (TPSA) is 37.9 Å². The Bertz CT molecular complexity index is 426. The number of H-pyrrole nitrogens is 1. The summed E-state index contributed by atoms with van der Waals surface area (Å²) in [6, 6.07) is 6.40. The van der Waals surface area contributed by atoms with Gasteiger partial charge < -0.3 is 4.74 Å². The molecular weight excluding hydrogens is 183 g/mol. The van der Waals surface area contributed by atoms with E-state index < -0.39 is 0 Å².